The van der Waals surface area contributed by atoms with Crippen molar-refractivity contribution in [2.75, 3.05) is 39.4 Å². The SMILES string of the molecule is CCC1COCCN1CCNCC(C)C. The highest BCUT2D eigenvalue weighted by Crippen LogP contribution is 2.08. The molecule has 0 aromatic carbocycles. The lowest BCUT2D eigenvalue weighted by Crippen LogP contribution is -2.47. The van der Waals surface area contributed by atoms with Crippen molar-refractivity contribution in [3.8, 4) is 0 Å². The van der Waals surface area contributed by atoms with E-state index in [1.807, 2.05) is 0 Å². The smallest absolute Gasteiger partial charge is 0.0622 e. The molecular weight excluding hydrogens is 188 g/mol. The molecule has 1 aliphatic heterocycles. The molecule has 0 aromatic heterocycles. The Morgan fingerprint density at radius 1 is 1.47 bits per heavy atom. The van der Waals surface area contributed by atoms with Crippen molar-refractivity contribution in [1.29, 1.82) is 0 Å². The van der Waals surface area contributed by atoms with Gasteiger partial charge in [-0.15, -0.1) is 0 Å². The van der Waals surface area contributed by atoms with Gasteiger partial charge < -0.3 is 10.1 Å². The first-order valence-corrected chi connectivity index (χ1v) is 6.26. The van der Waals surface area contributed by atoms with E-state index in [2.05, 4.69) is 31.0 Å². The number of nitrogens with zero attached hydrogens (tertiary/aromatic N) is 1. The molecular formula is C12H26N2O. The van der Waals surface area contributed by atoms with Gasteiger partial charge in [0.15, 0.2) is 0 Å². The summed E-state index contributed by atoms with van der Waals surface area (Å²) >= 11 is 0. The second kappa shape index (κ2) is 7.20. The van der Waals surface area contributed by atoms with Crippen LogP contribution in [0.5, 0.6) is 0 Å². The molecule has 0 saturated carbocycles. The molecule has 3 heteroatoms. The fourth-order valence-corrected chi connectivity index (χ4v) is 1.97. The summed E-state index contributed by atoms with van der Waals surface area (Å²) in [5.74, 6) is 0.747. The first-order chi connectivity index (χ1) is 7.24. The molecule has 3 nitrogen and oxygen atoms in total. The van der Waals surface area contributed by atoms with Gasteiger partial charge >= 0.3 is 0 Å². The number of hydrogen-bond acceptors (Lipinski definition) is 3. The lowest BCUT2D eigenvalue weighted by molar-refractivity contribution is -0.00787. The number of morpholine rings is 1. The van der Waals surface area contributed by atoms with Gasteiger partial charge in [-0.3, -0.25) is 4.90 Å². The van der Waals surface area contributed by atoms with Crippen LogP contribution in [0.2, 0.25) is 0 Å². The van der Waals surface area contributed by atoms with E-state index in [1.165, 1.54) is 6.42 Å². The van der Waals surface area contributed by atoms with Crippen LogP contribution in [0, 0.1) is 5.92 Å². The van der Waals surface area contributed by atoms with Crippen LogP contribution >= 0.6 is 0 Å². The van der Waals surface area contributed by atoms with Gasteiger partial charge in [0, 0.05) is 25.7 Å². The van der Waals surface area contributed by atoms with Crippen molar-refractivity contribution in [2.24, 2.45) is 5.92 Å². The van der Waals surface area contributed by atoms with E-state index in [-0.39, 0.29) is 0 Å². The third-order valence-corrected chi connectivity index (χ3v) is 2.95. The Balaban J connectivity index is 2.12. The fourth-order valence-electron chi connectivity index (χ4n) is 1.97. The predicted molar refractivity (Wildman–Crippen MR) is 64.2 cm³/mol. The monoisotopic (exact) mass is 214 g/mol. The molecule has 1 heterocycles. The van der Waals surface area contributed by atoms with Crippen molar-refractivity contribution in [3.63, 3.8) is 0 Å². The number of hydrogen-bond donors (Lipinski definition) is 1. The normalized spacial score (nSPS) is 23.6. The standard InChI is InChI=1S/C12H26N2O/c1-4-12-10-15-8-7-14(12)6-5-13-9-11(2)3/h11-13H,4-10H2,1-3H3. The quantitative estimate of drug-likeness (QED) is 0.675. The van der Waals surface area contributed by atoms with Crippen LogP contribution in [0.3, 0.4) is 0 Å². The van der Waals surface area contributed by atoms with Crippen LogP contribution in [0.4, 0.5) is 0 Å². The Hall–Kier alpha value is -0.120. The van der Waals surface area contributed by atoms with E-state index in [1.54, 1.807) is 0 Å². The van der Waals surface area contributed by atoms with Crippen molar-refractivity contribution in [1.82, 2.24) is 10.2 Å². The lowest BCUT2D eigenvalue weighted by Gasteiger charge is -2.35. The van der Waals surface area contributed by atoms with Crippen LogP contribution in [0.15, 0.2) is 0 Å². The molecule has 1 N–H and O–H groups in total. The van der Waals surface area contributed by atoms with E-state index in [9.17, 15) is 0 Å². The minimum atomic E-state index is 0.639. The Labute approximate surface area is 94.2 Å². The van der Waals surface area contributed by atoms with Crippen molar-refractivity contribution in [2.45, 2.75) is 33.2 Å². The van der Waals surface area contributed by atoms with E-state index >= 15 is 0 Å². The highest BCUT2D eigenvalue weighted by molar-refractivity contribution is 4.74. The largest absolute Gasteiger partial charge is 0.378 e. The number of nitrogens with one attached hydrogen (secondary N) is 1. The molecule has 1 aliphatic rings. The molecule has 1 unspecified atom stereocenters. The average molecular weight is 214 g/mol. The van der Waals surface area contributed by atoms with E-state index in [0.717, 1.165) is 45.3 Å². The number of ether oxygens (including phenoxy) is 1. The minimum Gasteiger partial charge on any atom is -0.378 e. The third kappa shape index (κ3) is 4.96. The Morgan fingerprint density at radius 2 is 2.27 bits per heavy atom. The zero-order chi connectivity index (χ0) is 11.1. The fraction of sp³-hybridized carbons (Fsp3) is 1.00. The van der Waals surface area contributed by atoms with Gasteiger partial charge in [0.05, 0.1) is 13.2 Å². The molecule has 90 valence electrons. The van der Waals surface area contributed by atoms with Gasteiger partial charge in [-0.1, -0.05) is 20.8 Å². The molecule has 15 heavy (non-hydrogen) atoms. The summed E-state index contributed by atoms with van der Waals surface area (Å²) < 4.78 is 5.49. The van der Waals surface area contributed by atoms with Crippen LogP contribution in [-0.2, 0) is 4.74 Å². The molecule has 1 fully saturated rings. The van der Waals surface area contributed by atoms with Gasteiger partial charge in [-0.2, -0.15) is 0 Å². The highest BCUT2D eigenvalue weighted by Gasteiger charge is 2.20. The molecule has 0 radical (unpaired) electrons. The summed E-state index contributed by atoms with van der Waals surface area (Å²) in [6.45, 7) is 13.1. The van der Waals surface area contributed by atoms with Crippen molar-refractivity contribution in [3.05, 3.63) is 0 Å². The van der Waals surface area contributed by atoms with Crippen molar-refractivity contribution >= 4 is 0 Å². The van der Waals surface area contributed by atoms with E-state index in [4.69, 9.17) is 4.74 Å². The molecule has 1 rings (SSSR count). The van der Waals surface area contributed by atoms with Gasteiger partial charge in [0.1, 0.15) is 0 Å². The predicted octanol–water partition coefficient (Wildman–Crippen LogP) is 1.34. The maximum Gasteiger partial charge on any atom is 0.0622 e. The minimum absolute atomic E-state index is 0.639. The van der Waals surface area contributed by atoms with Gasteiger partial charge in [0.25, 0.3) is 0 Å². The number of rotatable bonds is 6. The molecule has 0 amide bonds. The van der Waals surface area contributed by atoms with Crippen LogP contribution in [0.25, 0.3) is 0 Å². The Bertz CT molecular complexity index is 162. The zero-order valence-corrected chi connectivity index (χ0v) is 10.5. The van der Waals surface area contributed by atoms with Gasteiger partial charge in [0.2, 0.25) is 0 Å². The summed E-state index contributed by atoms with van der Waals surface area (Å²) in [6, 6.07) is 0.639. The van der Waals surface area contributed by atoms with Crippen molar-refractivity contribution < 1.29 is 4.74 Å². The maximum atomic E-state index is 5.49. The Kier molecular flexibility index (Phi) is 6.22. The molecule has 0 aliphatic carbocycles. The van der Waals surface area contributed by atoms with Crippen LogP contribution < -0.4 is 5.32 Å². The van der Waals surface area contributed by atoms with E-state index < -0.39 is 0 Å². The lowest BCUT2D eigenvalue weighted by atomic mass is 10.2. The molecule has 0 spiro atoms. The van der Waals surface area contributed by atoms with Gasteiger partial charge in [-0.05, 0) is 18.9 Å². The first kappa shape index (κ1) is 12.9. The van der Waals surface area contributed by atoms with Crippen LogP contribution in [-0.4, -0.2) is 50.3 Å². The van der Waals surface area contributed by atoms with Crippen LogP contribution in [0.1, 0.15) is 27.2 Å². The second-order valence-electron chi connectivity index (χ2n) is 4.77. The first-order valence-electron chi connectivity index (χ1n) is 6.26. The molecule has 1 atom stereocenters. The second-order valence-corrected chi connectivity index (χ2v) is 4.77. The molecule has 0 aromatic rings. The summed E-state index contributed by atoms with van der Waals surface area (Å²) in [5.41, 5.74) is 0. The van der Waals surface area contributed by atoms with E-state index in [0.29, 0.717) is 6.04 Å². The summed E-state index contributed by atoms with van der Waals surface area (Å²) in [6.07, 6.45) is 1.20. The topological polar surface area (TPSA) is 24.5 Å². The molecule has 1 saturated heterocycles. The summed E-state index contributed by atoms with van der Waals surface area (Å²) in [4.78, 5) is 2.55. The average Bonchev–Trinajstić information content (AvgIpc) is 2.24. The molecule has 0 bridgehead atoms. The summed E-state index contributed by atoms with van der Waals surface area (Å²) in [5, 5.41) is 3.49. The Morgan fingerprint density at radius 3 is 2.93 bits per heavy atom. The maximum absolute atomic E-state index is 5.49. The third-order valence-electron chi connectivity index (χ3n) is 2.95. The highest BCUT2D eigenvalue weighted by atomic mass is 16.5. The summed E-state index contributed by atoms with van der Waals surface area (Å²) in [7, 11) is 0. The zero-order valence-electron chi connectivity index (χ0n) is 10.5. The van der Waals surface area contributed by atoms with Gasteiger partial charge in [-0.25, -0.2) is 0 Å².